The predicted octanol–water partition coefficient (Wildman–Crippen LogP) is 3.39. The van der Waals surface area contributed by atoms with Crippen LogP contribution in [0.25, 0.3) is 22.3 Å². The summed E-state index contributed by atoms with van der Waals surface area (Å²) in [5.74, 6) is -0.155. The highest BCUT2D eigenvalue weighted by molar-refractivity contribution is 6.07. The van der Waals surface area contributed by atoms with Crippen LogP contribution in [0.5, 0.6) is 0 Å². The van der Waals surface area contributed by atoms with Gasteiger partial charge in [-0.05, 0) is 57.7 Å². The molecule has 1 aliphatic carbocycles. The third-order valence-electron chi connectivity index (χ3n) is 5.44. The molecule has 0 spiro atoms. The molecule has 0 aromatic heterocycles. The van der Waals surface area contributed by atoms with Crippen molar-refractivity contribution in [3.8, 4) is 17.5 Å². The fourth-order valence-electron chi connectivity index (χ4n) is 3.98. The minimum Gasteiger partial charge on any atom is -0.393 e. The van der Waals surface area contributed by atoms with E-state index >= 15 is 0 Å². The number of pyridine rings is 1. The summed E-state index contributed by atoms with van der Waals surface area (Å²) in [7, 11) is 0. The van der Waals surface area contributed by atoms with Crippen LogP contribution in [0.3, 0.4) is 0 Å². The first-order valence-electron chi connectivity index (χ1n) is 10.1. The smallest absolute Gasteiger partial charge is 0.255 e. The molecule has 2 heterocycles. The molecule has 1 saturated carbocycles. The molecule has 1 fully saturated rings. The van der Waals surface area contributed by atoms with Crippen molar-refractivity contribution < 1.29 is 9.90 Å². The normalized spacial score (nSPS) is 19.4. The Bertz CT molecular complexity index is 1060. The lowest BCUT2D eigenvalue weighted by molar-refractivity contribution is 0.0868. The molecule has 1 aromatic rings. The van der Waals surface area contributed by atoms with Crippen molar-refractivity contribution in [1.82, 2.24) is 15.3 Å². The Morgan fingerprint density at radius 2 is 2.07 bits per heavy atom. The van der Waals surface area contributed by atoms with Crippen LogP contribution in [0.2, 0.25) is 0 Å². The molecule has 4 N–H and O–H groups in total. The number of nitrogens with one attached hydrogen (secondary N) is 3. The lowest BCUT2D eigenvalue weighted by Crippen LogP contribution is -2.39. The topological polar surface area (TPSA) is 114 Å². The maximum Gasteiger partial charge on any atom is 0.255 e. The minimum atomic E-state index is -0.259. The summed E-state index contributed by atoms with van der Waals surface area (Å²) >= 11 is 0. The van der Waals surface area contributed by atoms with Crippen molar-refractivity contribution in [1.29, 1.82) is 5.26 Å². The molecule has 4 rings (SSSR count). The molecule has 0 unspecified atom stereocenters. The maximum absolute atomic E-state index is 13.1. The van der Waals surface area contributed by atoms with E-state index in [0.29, 0.717) is 35.3 Å². The number of rotatable bonds is 4. The average Bonchev–Trinajstić information content (AvgIpc) is 3.07. The summed E-state index contributed by atoms with van der Waals surface area (Å²) in [6.45, 7) is 4.03. The lowest BCUT2D eigenvalue weighted by Gasteiger charge is -2.27. The van der Waals surface area contributed by atoms with Gasteiger partial charge in [0, 0.05) is 23.7 Å². The Labute approximate surface area is 169 Å². The van der Waals surface area contributed by atoms with Gasteiger partial charge in [0.25, 0.3) is 5.91 Å². The Balaban J connectivity index is 1.74. The van der Waals surface area contributed by atoms with Gasteiger partial charge in [0.15, 0.2) is 0 Å². The summed E-state index contributed by atoms with van der Waals surface area (Å²) in [4.78, 5) is 21.0. The molecule has 150 valence electrons. The number of amides is 1. The van der Waals surface area contributed by atoms with E-state index in [-0.39, 0.29) is 24.1 Å². The van der Waals surface area contributed by atoms with E-state index in [4.69, 9.17) is 10.2 Å². The van der Waals surface area contributed by atoms with Crippen molar-refractivity contribution in [3.05, 3.63) is 35.5 Å². The monoisotopic (exact) mass is 391 g/mol. The van der Waals surface area contributed by atoms with Crippen molar-refractivity contribution in [2.75, 3.05) is 5.32 Å². The van der Waals surface area contributed by atoms with Gasteiger partial charge in [-0.1, -0.05) is 0 Å². The Kier molecular flexibility index (Phi) is 5.12. The van der Waals surface area contributed by atoms with Gasteiger partial charge in [-0.25, -0.2) is 4.98 Å². The summed E-state index contributed by atoms with van der Waals surface area (Å²) in [6, 6.07) is 7.73. The van der Waals surface area contributed by atoms with Crippen molar-refractivity contribution in [3.63, 3.8) is 0 Å². The second-order valence-electron chi connectivity index (χ2n) is 8.03. The molecule has 7 heteroatoms. The third-order valence-corrected chi connectivity index (χ3v) is 5.44. The first-order chi connectivity index (χ1) is 14.0. The van der Waals surface area contributed by atoms with Gasteiger partial charge in [0.2, 0.25) is 0 Å². The molecule has 29 heavy (non-hydrogen) atoms. The van der Waals surface area contributed by atoms with Gasteiger partial charge in [-0.2, -0.15) is 5.26 Å². The molecule has 0 bridgehead atoms. The number of anilines is 1. The standard InChI is InChI=1S/C22H25N5O2/c1-12(2)25-20-17(22(29)26-14-4-6-15(28)7-5-14)11-24-19-16-8-3-13(10-23)9-18(16)27-21(19)20/h3,8-9,11-12,14-15,24-25,28H,4-7H2,1-2H3,(H,26,29). The van der Waals surface area contributed by atoms with Crippen LogP contribution >= 0.6 is 0 Å². The van der Waals surface area contributed by atoms with Crippen molar-refractivity contribution in [2.24, 2.45) is 0 Å². The zero-order valence-electron chi connectivity index (χ0n) is 16.6. The summed E-state index contributed by atoms with van der Waals surface area (Å²) in [5.41, 5.74) is 4.01. The zero-order valence-corrected chi connectivity index (χ0v) is 16.6. The van der Waals surface area contributed by atoms with Crippen LogP contribution in [-0.2, 0) is 0 Å². The highest BCUT2D eigenvalue weighted by atomic mass is 16.3. The van der Waals surface area contributed by atoms with Crippen molar-refractivity contribution in [2.45, 2.75) is 57.7 Å². The fourth-order valence-corrected chi connectivity index (χ4v) is 3.98. The van der Waals surface area contributed by atoms with Crippen LogP contribution in [0.1, 0.15) is 55.5 Å². The molecular weight excluding hydrogens is 366 g/mol. The SMILES string of the molecule is CC(C)Nc1c(C(=O)NC2CCC(O)CC2)c[nH]c2c3ccc(C#N)cc3nc1-2. The predicted molar refractivity (Wildman–Crippen MR) is 112 cm³/mol. The number of benzene rings is 1. The number of aliphatic hydroxyl groups excluding tert-OH is 1. The molecule has 1 amide bonds. The number of carbonyl (C=O) groups excluding carboxylic acids is 1. The molecule has 3 aliphatic rings. The van der Waals surface area contributed by atoms with Gasteiger partial charge in [0.05, 0.1) is 40.2 Å². The number of aliphatic hydroxyl groups is 1. The van der Waals surface area contributed by atoms with E-state index in [2.05, 4.69) is 21.7 Å². The molecule has 0 atom stereocenters. The van der Waals surface area contributed by atoms with E-state index in [0.717, 1.165) is 29.4 Å². The van der Waals surface area contributed by atoms with Crippen LogP contribution in [0.15, 0.2) is 24.4 Å². The number of fused-ring (bicyclic) bond motifs is 3. The number of hydrogen-bond acceptors (Lipinski definition) is 5. The Hall–Kier alpha value is -3.11. The first kappa shape index (κ1) is 19.2. The molecule has 2 aliphatic heterocycles. The lowest BCUT2D eigenvalue weighted by atomic mass is 9.93. The number of H-pyrrole nitrogens is 1. The zero-order chi connectivity index (χ0) is 20.5. The first-order valence-corrected chi connectivity index (χ1v) is 10.1. The number of carbonyl (C=O) groups is 1. The van der Waals surface area contributed by atoms with Gasteiger partial charge >= 0.3 is 0 Å². The number of nitrogens with zero attached hydrogens (tertiary/aromatic N) is 2. The van der Waals surface area contributed by atoms with E-state index in [9.17, 15) is 9.90 Å². The van der Waals surface area contributed by atoms with E-state index in [1.54, 1.807) is 18.3 Å². The number of aromatic nitrogens is 2. The summed E-state index contributed by atoms with van der Waals surface area (Å²) in [5, 5.41) is 26.3. The van der Waals surface area contributed by atoms with E-state index in [1.165, 1.54) is 0 Å². The van der Waals surface area contributed by atoms with Gasteiger partial charge in [-0.15, -0.1) is 0 Å². The van der Waals surface area contributed by atoms with E-state index in [1.807, 2.05) is 19.9 Å². The maximum atomic E-state index is 13.1. The molecular formula is C22H25N5O2. The van der Waals surface area contributed by atoms with Crippen LogP contribution in [0, 0.1) is 11.3 Å². The molecule has 0 saturated heterocycles. The quantitative estimate of drug-likeness (QED) is 0.544. The summed E-state index contributed by atoms with van der Waals surface area (Å²) < 4.78 is 0. The third kappa shape index (κ3) is 3.76. The molecule has 1 aromatic carbocycles. The number of aromatic amines is 1. The van der Waals surface area contributed by atoms with Crippen LogP contribution in [-0.4, -0.2) is 39.2 Å². The van der Waals surface area contributed by atoms with Gasteiger partial charge < -0.3 is 20.7 Å². The highest BCUT2D eigenvalue weighted by Crippen LogP contribution is 2.37. The van der Waals surface area contributed by atoms with Crippen LogP contribution in [0.4, 0.5) is 5.69 Å². The second kappa shape index (κ2) is 7.72. The average molecular weight is 391 g/mol. The second-order valence-corrected chi connectivity index (χ2v) is 8.03. The molecule has 0 radical (unpaired) electrons. The van der Waals surface area contributed by atoms with E-state index < -0.39 is 0 Å². The number of nitriles is 1. The minimum absolute atomic E-state index is 0.0679. The van der Waals surface area contributed by atoms with Gasteiger partial charge in [0.1, 0.15) is 5.69 Å². The Morgan fingerprint density at radius 3 is 2.76 bits per heavy atom. The highest BCUT2D eigenvalue weighted by Gasteiger charge is 2.26. The van der Waals surface area contributed by atoms with Crippen LogP contribution < -0.4 is 10.6 Å². The Morgan fingerprint density at radius 1 is 1.31 bits per heavy atom. The fraction of sp³-hybridized carbons (Fsp3) is 0.409. The van der Waals surface area contributed by atoms with Gasteiger partial charge in [-0.3, -0.25) is 4.79 Å². The largest absolute Gasteiger partial charge is 0.393 e. The number of hydrogen-bond donors (Lipinski definition) is 4. The van der Waals surface area contributed by atoms with Crippen molar-refractivity contribution >= 4 is 22.5 Å². The summed E-state index contributed by atoms with van der Waals surface area (Å²) in [6.07, 6.45) is 4.45. The molecule has 7 nitrogen and oxygen atoms in total.